The minimum atomic E-state index is -3.54. The van der Waals surface area contributed by atoms with Crippen molar-refractivity contribution in [3.63, 3.8) is 0 Å². The van der Waals surface area contributed by atoms with E-state index in [0.29, 0.717) is 32.0 Å². The molecule has 0 saturated heterocycles. The van der Waals surface area contributed by atoms with E-state index in [1.54, 1.807) is 41.8 Å². The number of anilines is 1. The minimum Gasteiger partial charge on any atom is -0.302 e. The number of carbonyl (C=O) groups is 1. The van der Waals surface area contributed by atoms with Crippen LogP contribution in [0.3, 0.4) is 0 Å². The third kappa shape index (κ3) is 5.15. The van der Waals surface area contributed by atoms with Crippen molar-refractivity contribution in [1.29, 1.82) is 0 Å². The molecule has 0 bridgehead atoms. The summed E-state index contributed by atoms with van der Waals surface area (Å²) < 4.78 is 25.8. The number of benzene rings is 2. The Labute approximate surface area is 183 Å². The Hall–Kier alpha value is -1.97. The molecular formula is C19H17Cl2N3O3S2. The number of amides is 1. The van der Waals surface area contributed by atoms with Crippen LogP contribution in [0.2, 0.25) is 10.0 Å². The second kappa shape index (κ2) is 8.81. The molecule has 0 aliphatic carbocycles. The van der Waals surface area contributed by atoms with Crippen LogP contribution in [0.1, 0.15) is 5.56 Å². The number of nitrogens with zero attached hydrogens (tertiary/aromatic N) is 2. The van der Waals surface area contributed by atoms with Crippen molar-refractivity contribution in [2.45, 2.75) is 11.3 Å². The first-order valence-electron chi connectivity index (χ1n) is 8.39. The Morgan fingerprint density at radius 3 is 2.62 bits per heavy atom. The zero-order chi connectivity index (χ0) is 21.2. The lowest BCUT2D eigenvalue weighted by atomic mass is 10.1. The van der Waals surface area contributed by atoms with Gasteiger partial charge in [-0.2, -0.15) is 0 Å². The van der Waals surface area contributed by atoms with Crippen LogP contribution < -0.4 is 5.32 Å². The Bertz CT molecular complexity index is 1160. The fraction of sp³-hybridized carbons (Fsp3) is 0.158. The van der Waals surface area contributed by atoms with Crippen molar-refractivity contribution >= 4 is 55.6 Å². The number of hydrogen-bond donors (Lipinski definition) is 1. The average Bonchev–Trinajstić information content (AvgIpc) is 3.12. The summed E-state index contributed by atoms with van der Waals surface area (Å²) in [5.74, 6) is -0.265. The molecule has 3 aromatic rings. The first-order chi connectivity index (χ1) is 13.7. The van der Waals surface area contributed by atoms with E-state index in [-0.39, 0.29) is 17.2 Å². The van der Waals surface area contributed by atoms with Gasteiger partial charge in [-0.05, 0) is 29.8 Å². The van der Waals surface area contributed by atoms with E-state index in [0.717, 1.165) is 4.31 Å². The fourth-order valence-electron chi connectivity index (χ4n) is 2.49. The predicted octanol–water partition coefficient (Wildman–Crippen LogP) is 4.55. The van der Waals surface area contributed by atoms with E-state index in [4.69, 9.17) is 23.2 Å². The molecular weight excluding hydrogens is 453 g/mol. The third-order valence-corrected chi connectivity index (χ3v) is 7.18. The molecule has 0 fully saturated rings. The SMILES string of the molecule is CN(C)S(=O)(=O)c1cccc(-c2csc(NC(=O)Cc3ccc(Cl)cc3Cl)n2)c1. The Morgan fingerprint density at radius 1 is 1.17 bits per heavy atom. The van der Waals surface area contributed by atoms with Gasteiger partial charge in [0.05, 0.1) is 17.0 Å². The number of carbonyl (C=O) groups excluding carboxylic acids is 1. The number of halogens is 2. The molecule has 0 saturated carbocycles. The van der Waals surface area contributed by atoms with Gasteiger partial charge in [-0.25, -0.2) is 17.7 Å². The van der Waals surface area contributed by atoms with Gasteiger partial charge >= 0.3 is 0 Å². The largest absolute Gasteiger partial charge is 0.302 e. The van der Waals surface area contributed by atoms with Gasteiger partial charge in [0.2, 0.25) is 15.9 Å². The fourth-order valence-corrected chi connectivity index (χ4v) is 4.65. The van der Waals surface area contributed by atoms with Gasteiger partial charge in [-0.3, -0.25) is 4.79 Å². The summed E-state index contributed by atoms with van der Waals surface area (Å²) in [7, 11) is -0.589. The molecule has 3 rings (SSSR count). The van der Waals surface area contributed by atoms with E-state index in [2.05, 4.69) is 10.3 Å². The molecule has 0 aliphatic heterocycles. The second-order valence-electron chi connectivity index (χ2n) is 6.31. The average molecular weight is 470 g/mol. The van der Waals surface area contributed by atoms with Crippen molar-refractivity contribution in [2.75, 3.05) is 19.4 Å². The number of sulfonamides is 1. The maximum absolute atomic E-state index is 12.3. The van der Waals surface area contributed by atoms with Crippen LogP contribution in [0.4, 0.5) is 5.13 Å². The maximum Gasteiger partial charge on any atom is 0.242 e. The molecule has 1 amide bonds. The van der Waals surface area contributed by atoms with E-state index in [1.807, 2.05) is 0 Å². The van der Waals surface area contributed by atoms with E-state index in [9.17, 15) is 13.2 Å². The monoisotopic (exact) mass is 469 g/mol. The Kier molecular flexibility index (Phi) is 6.60. The summed E-state index contributed by atoms with van der Waals surface area (Å²) in [6.45, 7) is 0. The van der Waals surface area contributed by atoms with Crippen molar-refractivity contribution in [1.82, 2.24) is 9.29 Å². The molecule has 29 heavy (non-hydrogen) atoms. The van der Waals surface area contributed by atoms with Gasteiger partial charge in [-0.15, -0.1) is 11.3 Å². The van der Waals surface area contributed by atoms with Crippen molar-refractivity contribution in [2.24, 2.45) is 0 Å². The van der Waals surface area contributed by atoms with Gasteiger partial charge in [-0.1, -0.05) is 41.4 Å². The van der Waals surface area contributed by atoms with Crippen molar-refractivity contribution in [3.05, 3.63) is 63.5 Å². The Morgan fingerprint density at radius 2 is 1.93 bits per heavy atom. The molecule has 0 radical (unpaired) electrons. The summed E-state index contributed by atoms with van der Waals surface area (Å²) in [5, 5.41) is 5.83. The predicted molar refractivity (Wildman–Crippen MR) is 117 cm³/mol. The van der Waals surface area contributed by atoms with Crippen LogP contribution in [0.25, 0.3) is 11.3 Å². The first-order valence-corrected chi connectivity index (χ1v) is 11.5. The number of aromatic nitrogens is 1. The van der Waals surface area contributed by atoms with Gasteiger partial charge < -0.3 is 5.32 Å². The second-order valence-corrected chi connectivity index (χ2v) is 10.2. The molecule has 1 N–H and O–H groups in total. The van der Waals surface area contributed by atoms with Crippen LogP contribution in [0.5, 0.6) is 0 Å². The summed E-state index contributed by atoms with van der Waals surface area (Å²) in [6, 6.07) is 11.5. The summed E-state index contributed by atoms with van der Waals surface area (Å²) in [5.41, 5.74) is 1.88. The van der Waals surface area contributed by atoms with Crippen LogP contribution in [-0.2, 0) is 21.2 Å². The highest BCUT2D eigenvalue weighted by Crippen LogP contribution is 2.28. The zero-order valence-electron chi connectivity index (χ0n) is 15.5. The van der Waals surface area contributed by atoms with Gasteiger partial charge in [0.1, 0.15) is 0 Å². The lowest BCUT2D eigenvalue weighted by Crippen LogP contribution is -2.22. The summed E-state index contributed by atoms with van der Waals surface area (Å²) in [6.07, 6.45) is 0.0848. The summed E-state index contributed by atoms with van der Waals surface area (Å²) >= 11 is 13.2. The van der Waals surface area contributed by atoms with Gasteiger partial charge in [0, 0.05) is 35.1 Å². The molecule has 0 atom stereocenters. The van der Waals surface area contributed by atoms with Crippen molar-refractivity contribution < 1.29 is 13.2 Å². The molecule has 0 unspecified atom stereocenters. The highest BCUT2D eigenvalue weighted by molar-refractivity contribution is 7.89. The van der Waals surface area contributed by atoms with E-state index >= 15 is 0 Å². The standard InChI is InChI=1S/C19H17Cl2N3O3S2/c1-24(2)29(26,27)15-5-3-4-13(8-15)17-11-28-19(22-17)23-18(25)9-12-6-7-14(20)10-16(12)21/h3-8,10-11H,9H2,1-2H3,(H,22,23,25). The number of hydrogen-bond acceptors (Lipinski definition) is 5. The zero-order valence-corrected chi connectivity index (χ0v) is 18.7. The van der Waals surface area contributed by atoms with E-state index in [1.165, 1.54) is 31.5 Å². The molecule has 0 spiro atoms. The van der Waals surface area contributed by atoms with Crippen LogP contribution in [-0.4, -0.2) is 37.7 Å². The summed E-state index contributed by atoms with van der Waals surface area (Å²) in [4.78, 5) is 16.9. The van der Waals surface area contributed by atoms with Crippen molar-refractivity contribution in [3.8, 4) is 11.3 Å². The molecule has 6 nitrogen and oxygen atoms in total. The van der Waals surface area contributed by atoms with Crippen LogP contribution in [0.15, 0.2) is 52.7 Å². The molecule has 1 heterocycles. The highest BCUT2D eigenvalue weighted by Gasteiger charge is 2.18. The number of thiazole rings is 1. The quantitative estimate of drug-likeness (QED) is 0.574. The lowest BCUT2D eigenvalue weighted by molar-refractivity contribution is -0.115. The van der Waals surface area contributed by atoms with Crippen LogP contribution in [0, 0.1) is 0 Å². The van der Waals surface area contributed by atoms with Gasteiger partial charge in [0.25, 0.3) is 0 Å². The van der Waals surface area contributed by atoms with Gasteiger partial charge in [0.15, 0.2) is 5.13 Å². The smallest absolute Gasteiger partial charge is 0.242 e. The topological polar surface area (TPSA) is 79.4 Å². The first kappa shape index (κ1) is 21.7. The molecule has 1 aromatic heterocycles. The minimum absolute atomic E-state index is 0.0848. The molecule has 152 valence electrons. The normalized spacial score (nSPS) is 11.6. The maximum atomic E-state index is 12.3. The number of rotatable bonds is 6. The Balaban J connectivity index is 1.75. The van der Waals surface area contributed by atoms with E-state index < -0.39 is 10.0 Å². The molecule has 10 heteroatoms. The molecule has 0 aliphatic rings. The number of nitrogens with one attached hydrogen (secondary N) is 1. The lowest BCUT2D eigenvalue weighted by Gasteiger charge is -2.11. The van der Waals surface area contributed by atoms with Crippen LogP contribution >= 0.6 is 34.5 Å². The molecule has 2 aromatic carbocycles. The highest BCUT2D eigenvalue weighted by atomic mass is 35.5. The third-order valence-electron chi connectivity index (χ3n) is 4.03.